The second-order valence-corrected chi connectivity index (χ2v) is 12.1. The van der Waals surface area contributed by atoms with E-state index in [2.05, 4.69) is 15.0 Å². The molecule has 0 saturated heterocycles. The number of amides is 2. The van der Waals surface area contributed by atoms with Gasteiger partial charge in [0.1, 0.15) is 4.90 Å². The summed E-state index contributed by atoms with van der Waals surface area (Å²) in [6.45, 7) is 5.51. The van der Waals surface area contributed by atoms with E-state index in [4.69, 9.17) is 0 Å². The zero-order valence-electron chi connectivity index (χ0n) is 20.5. The SMILES string of the molecule is CC(=O)Nc1nc(C)c(-c2cc3c(c(S(=O)(=O)Nc4cccc(C#N)c4)c2)C(=O)N([C@@H](C)C2CC2)C3)s1. The average Bonchev–Trinajstić information content (AvgIpc) is 3.56. The van der Waals surface area contributed by atoms with Crippen LogP contribution in [0.2, 0.25) is 0 Å². The molecule has 2 N–H and O–H groups in total. The molecule has 0 bridgehead atoms. The number of nitrogens with one attached hydrogen (secondary N) is 2. The van der Waals surface area contributed by atoms with Crippen LogP contribution >= 0.6 is 11.3 Å². The number of hydrogen-bond donors (Lipinski definition) is 2. The molecule has 1 aliphatic carbocycles. The van der Waals surface area contributed by atoms with E-state index in [1.54, 1.807) is 30.0 Å². The molecule has 2 aliphatic rings. The van der Waals surface area contributed by atoms with Crippen LogP contribution in [0.4, 0.5) is 10.8 Å². The third-order valence-electron chi connectivity index (χ3n) is 6.67. The third kappa shape index (κ3) is 4.82. The maximum absolute atomic E-state index is 13.7. The monoisotopic (exact) mass is 535 g/mol. The van der Waals surface area contributed by atoms with Gasteiger partial charge in [-0.05, 0) is 74.1 Å². The third-order valence-corrected chi connectivity index (χ3v) is 9.20. The Labute approximate surface area is 219 Å². The molecule has 3 aromatic rings. The van der Waals surface area contributed by atoms with Crippen molar-refractivity contribution in [1.29, 1.82) is 5.26 Å². The molecule has 0 spiro atoms. The van der Waals surface area contributed by atoms with Crippen molar-refractivity contribution in [2.75, 3.05) is 10.0 Å². The predicted molar refractivity (Wildman–Crippen MR) is 141 cm³/mol. The van der Waals surface area contributed by atoms with Crippen molar-refractivity contribution in [2.45, 2.75) is 51.1 Å². The van der Waals surface area contributed by atoms with Crippen LogP contribution in [-0.4, -0.2) is 36.2 Å². The second-order valence-electron chi connectivity index (χ2n) is 9.43. The molecule has 2 aromatic carbocycles. The Kier molecular flexibility index (Phi) is 6.25. The number of nitrogens with zero attached hydrogens (tertiary/aromatic N) is 3. The lowest BCUT2D eigenvalue weighted by atomic mass is 10.0. The van der Waals surface area contributed by atoms with Crippen molar-refractivity contribution in [3.63, 3.8) is 0 Å². The van der Waals surface area contributed by atoms with Gasteiger partial charge in [0.2, 0.25) is 5.91 Å². The summed E-state index contributed by atoms with van der Waals surface area (Å²) in [5, 5.41) is 12.3. The first kappa shape index (κ1) is 24.9. The molecule has 1 aliphatic heterocycles. The summed E-state index contributed by atoms with van der Waals surface area (Å²) >= 11 is 1.24. The molecule has 0 radical (unpaired) electrons. The van der Waals surface area contributed by atoms with E-state index >= 15 is 0 Å². The Bertz CT molecular complexity index is 1580. The molecule has 1 saturated carbocycles. The van der Waals surface area contributed by atoms with Crippen molar-refractivity contribution in [1.82, 2.24) is 9.88 Å². The summed E-state index contributed by atoms with van der Waals surface area (Å²) in [6, 6.07) is 11.5. The molecule has 2 amide bonds. The number of carbonyl (C=O) groups excluding carboxylic acids is 2. The first-order valence-electron chi connectivity index (χ1n) is 11.8. The molecular weight excluding hydrogens is 510 g/mol. The van der Waals surface area contributed by atoms with Crippen LogP contribution in [0.25, 0.3) is 10.4 Å². The van der Waals surface area contributed by atoms with Gasteiger partial charge in [-0.2, -0.15) is 5.26 Å². The van der Waals surface area contributed by atoms with Crippen LogP contribution < -0.4 is 10.0 Å². The van der Waals surface area contributed by atoms with E-state index in [0.29, 0.717) is 44.9 Å². The zero-order chi connectivity index (χ0) is 26.5. The predicted octanol–water partition coefficient (Wildman–Crippen LogP) is 4.50. The van der Waals surface area contributed by atoms with Gasteiger partial charge in [-0.25, -0.2) is 13.4 Å². The van der Waals surface area contributed by atoms with Crippen LogP contribution in [0.3, 0.4) is 0 Å². The highest BCUT2D eigenvalue weighted by Gasteiger charge is 2.41. The van der Waals surface area contributed by atoms with Gasteiger partial charge >= 0.3 is 0 Å². The van der Waals surface area contributed by atoms with Gasteiger partial charge in [0.05, 0.1) is 33.5 Å². The van der Waals surface area contributed by atoms with Crippen LogP contribution in [-0.2, 0) is 21.4 Å². The summed E-state index contributed by atoms with van der Waals surface area (Å²) < 4.78 is 30.0. The van der Waals surface area contributed by atoms with Crippen LogP contribution in [0, 0.1) is 24.2 Å². The highest BCUT2D eigenvalue weighted by atomic mass is 32.2. The quantitative estimate of drug-likeness (QED) is 0.458. The van der Waals surface area contributed by atoms with Gasteiger partial charge in [0.25, 0.3) is 15.9 Å². The fourth-order valence-electron chi connectivity index (χ4n) is 4.68. The number of carbonyl (C=O) groups is 2. The number of rotatable bonds is 7. The number of benzene rings is 2. The average molecular weight is 536 g/mol. The highest BCUT2D eigenvalue weighted by molar-refractivity contribution is 7.92. The first-order valence-corrected chi connectivity index (χ1v) is 14.1. The molecule has 9 nitrogen and oxygen atoms in total. The molecule has 1 fully saturated rings. The van der Waals surface area contributed by atoms with E-state index in [-0.39, 0.29) is 34.0 Å². The Morgan fingerprint density at radius 1 is 1.27 bits per heavy atom. The van der Waals surface area contributed by atoms with Gasteiger partial charge < -0.3 is 10.2 Å². The lowest BCUT2D eigenvalue weighted by Crippen LogP contribution is -2.35. The number of nitriles is 1. The number of aryl methyl sites for hydroxylation is 1. The van der Waals surface area contributed by atoms with Crippen molar-refractivity contribution >= 4 is 44.0 Å². The Balaban J connectivity index is 1.63. The molecule has 190 valence electrons. The largest absolute Gasteiger partial charge is 0.331 e. The van der Waals surface area contributed by atoms with Gasteiger partial charge in [-0.1, -0.05) is 17.4 Å². The maximum Gasteiger partial charge on any atom is 0.262 e. The Hall–Kier alpha value is -3.75. The van der Waals surface area contributed by atoms with E-state index in [0.717, 1.165) is 12.8 Å². The highest BCUT2D eigenvalue weighted by Crippen LogP contribution is 2.42. The summed E-state index contributed by atoms with van der Waals surface area (Å²) in [7, 11) is -4.20. The first-order chi connectivity index (χ1) is 17.6. The smallest absolute Gasteiger partial charge is 0.262 e. The molecule has 11 heteroatoms. The van der Waals surface area contributed by atoms with Crippen molar-refractivity contribution in [2.24, 2.45) is 5.92 Å². The standard InChI is InChI=1S/C26H25N5O4S2/c1-14-24(36-26(28-14)29-16(3)32)19-10-20-13-31(15(2)18-7-8-18)25(33)23(20)22(11-19)37(34,35)30-21-6-4-5-17(9-21)12-27/h4-6,9-11,15,18,30H,7-8,13H2,1-3H3,(H,28,29,32)/t15-/m0/s1. The lowest BCUT2D eigenvalue weighted by Gasteiger charge is -2.24. The minimum Gasteiger partial charge on any atom is -0.331 e. The number of thiazole rings is 1. The second kappa shape index (κ2) is 9.28. The number of hydrogen-bond acceptors (Lipinski definition) is 7. The number of fused-ring (bicyclic) bond motifs is 1. The van der Waals surface area contributed by atoms with Gasteiger partial charge in [0.15, 0.2) is 5.13 Å². The number of sulfonamides is 1. The molecule has 2 heterocycles. The molecular formula is C26H25N5O4S2. The number of anilines is 2. The van der Waals surface area contributed by atoms with Crippen LogP contribution in [0.5, 0.6) is 0 Å². The van der Waals surface area contributed by atoms with Crippen molar-refractivity contribution < 1.29 is 18.0 Å². The van der Waals surface area contributed by atoms with Crippen LogP contribution in [0.1, 0.15) is 53.9 Å². The molecule has 1 atom stereocenters. The van der Waals surface area contributed by atoms with Crippen LogP contribution in [0.15, 0.2) is 41.3 Å². The van der Waals surface area contributed by atoms with Gasteiger partial charge in [-0.15, -0.1) is 0 Å². The Morgan fingerprint density at radius 2 is 2.03 bits per heavy atom. The summed E-state index contributed by atoms with van der Waals surface area (Å²) in [5.41, 5.74) is 2.59. The fraction of sp³-hybridized carbons (Fsp3) is 0.308. The summed E-state index contributed by atoms with van der Waals surface area (Å²) in [5.74, 6) is -0.128. The topological polar surface area (TPSA) is 132 Å². The number of aromatic nitrogens is 1. The molecule has 5 rings (SSSR count). The van der Waals surface area contributed by atoms with E-state index in [1.165, 1.54) is 30.4 Å². The summed E-state index contributed by atoms with van der Waals surface area (Å²) in [6.07, 6.45) is 2.11. The molecule has 0 unspecified atom stereocenters. The van der Waals surface area contributed by atoms with E-state index < -0.39 is 10.0 Å². The van der Waals surface area contributed by atoms with Crippen molar-refractivity contribution in [3.05, 3.63) is 58.8 Å². The minimum absolute atomic E-state index is 0.00989. The summed E-state index contributed by atoms with van der Waals surface area (Å²) in [4.78, 5) is 31.8. The molecule has 37 heavy (non-hydrogen) atoms. The normalized spacial score (nSPS) is 15.7. The fourth-order valence-corrected chi connectivity index (χ4v) is 6.99. The maximum atomic E-state index is 13.7. The Morgan fingerprint density at radius 3 is 2.70 bits per heavy atom. The molecule has 1 aromatic heterocycles. The lowest BCUT2D eigenvalue weighted by molar-refractivity contribution is -0.114. The van der Waals surface area contributed by atoms with Gasteiger partial charge in [-0.3, -0.25) is 14.3 Å². The van der Waals surface area contributed by atoms with E-state index in [9.17, 15) is 23.3 Å². The van der Waals surface area contributed by atoms with Gasteiger partial charge in [0, 0.05) is 19.5 Å². The zero-order valence-corrected chi connectivity index (χ0v) is 22.2. The van der Waals surface area contributed by atoms with E-state index in [1.807, 2.05) is 19.1 Å². The minimum atomic E-state index is -4.20. The van der Waals surface area contributed by atoms with Crippen molar-refractivity contribution in [3.8, 4) is 16.5 Å².